The Morgan fingerprint density at radius 1 is 1.14 bits per heavy atom. The summed E-state index contributed by atoms with van der Waals surface area (Å²) >= 11 is 0. The molecule has 0 amide bonds. The molecule has 0 aliphatic heterocycles. The normalized spacial score (nSPS) is 10.3. The van der Waals surface area contributed by atoms with E-state index >= 15 is 0 Å². The van der Waals surface area contributed by atoms with Crippen LogP contribution >= 0.6 is 0 Å². The number of carbonyl (C=O) groups is 1. The summed E-state index contributed by atoms with van der Waals surface area (Å²) < 4.78 is 4.55. The smallest absolute Gasteiger partial charge is 0.293 e. The molecule has 0 aromatic heterocycles. The van der Waals surface area contributed by atoms with Crippen LogP contribution in [0.2, 0.25) is 0 Å². The predicted octanol–water partition coefficient (Wildman–Crippen LogP) is 2.35. The molecule has 2 heteroatoms. The first-order valence-electron chi connectivity index (χ1n) is 4.67. The SMILES string of the molecule is O=COCC/C=C/Cc1ccccc1. The van der Waals surface area contributed by atoms with Crippen molar-refractivity contribution in [2.75, 3.05) is 6.61 Å². The Hall–Kier alpha value is -1.57. The summed E-state index contributed by atoms with van der Waals surface area (Å²) in [6, 6.07) is 10.2. The molecule has 0 atom stereocenters. The van der Waals surface area contributed by atoms with Crippen molar-refractivity contribution in [3.05, 3.63) is 48.0 Å². The van der Waals surface area contributed by atoms with E-state index in [9.17, 15) is 4.79 Å². The molecule has 0 unspecified atom stereocenters. The summed E-state index contributed by atoms with van der Waals surface area (Å²) in [6.45, 7) is 0.944. The van der Waals surface area contributed by atoms with Crippen LogP contribution in [0.15, 0.2) is 42.5 Å². The average Bonchev–Trinajstić information content (AvgIpc) is 2.25. The molecule has 1 aromatic rings. The average molecular weight is 190 g/mol. The molecule has 1 rings (SSSR count). The number of rotatable bonds is 6. The Kier molecular flexibility index (Phi) is 5.18. The molecule has 2 nitrogen and oxygen atoms in total. The molecule has 0 fully saturated rings. The Bertz CT molecular complexity index is 278. The number of ether oxygens (including phenoxy) is 1. The van der Waals surface area contributed by atoms with E-state index < -0.39 is 0 Å². The van der Waals surface area contributed by atoms with E-state index in [0.717, 1.165) is 12.8 Å². The van der Waals surface area contributed by atoms with Crippen molar-refractivity contribution in [1.82, 2.24) is 0 Å². The molecular formula is C12H14O2. The van der Waals surface area contributed by atoms with E-state index in [1.54, 1.807) is 0 Å². The van der Waals surface area contributed by atoms with Crippen LogP contribution < -0.4 is 0 Å². The van der Waals surface area contributed by atoms with E-state index in [0.29, 0.717) is 13.1 Å². The molecule has 0 saturated heterocycles. The monoisotopic (exact) mass is 190 g/mol. The fraction of sp³-hybridized carbons (Fsp3) is 0.250. The van der Waals surface area contributed by atoms with E-state index in [-0.39, 0.29) is 0 Å². The third-order valence-corrected chi connectivity index (χ3v) is 1.83. The molecule has 74 valence electrons. The van der Waals surface area contributed by atoms with Gasteiger partial charge in [-0.2, -0.15) is 0 Å². The van der Waals surface area contributed by atoms with Gasteiger partial charge < -0.3 is 4.74 Å². The van der Waals surface area contributed by atoms with Crippen LogP contribution in [0.3, 0.4) is 0 Å². The highest BCUT2D eigenvalue weighted by molar-refractivity contribution is 5.36. The number of hydrogen-bond acceptors (Lipinski definition) is 2. The van der Waals surface area contributed by atoms with Gasteiger partial charge in [-0.15, -0.1) is 0 Å². The number of benzene rings is 1. The van der Waals surface area contributed by atoms with Crippen LogP contribution in [0.5, 0.6) is 0 Å². The summed E-state index contributed by atoms with van der Waals surface area (Å²) in [6.07, 6.45) is 5.83. The van der Waals surface area contributed by atoms with E-state index in [2.05, 4.69) is 22.9 Å². The van der Waals surface area contributed by atoms with E-state index in [4.69, 9.17) is 0 Å². The summed E-state index contributed by atoms with van der Waals surface area (Å²) in [7, 11) is 0. The fourth-order valence-electron chi connectivity index (χ4n) is 1.14. The summed E-state index contributed by atoms with van der Waals surface area (Å²) in [4.78, 5) is 9.81. The Balaban J connectivity index is 2.17. The summed E-state index contributed by atoms with van der Waals surface area (Å²) in [5.74, 6) is 0. The second kappa shape index (κ2) is 6.89. The minimum absolute atomic E-state index is 0.467. The summed E-state index contributed by atoms with van der Waals surface area (Å²) in [5, 5.41) is 0. The van der Waals surface area contributed by atoms with Gasteiger partial charge in [-0.05, 0) is 18.4 Å². The molecule has 0 aliphatic rings. The highest BCUT2D eigenvalue weighted by Crippen LogP contribution is 2.00. The lowest BCUT2D eigenvalue weighted by Crippen LogP contribution is -1.88. The van der Waals surface area contributed by atoms with Crippen LogP contribution in [0.4, 0.5) is 0 Å². The largest absolute Gasteiger partial charge is 0.468 e. The molecule has 14 heavy (non-hydrogen) atoms. The van der Waals surface area contributed by atoms with Crippen molar-refractivity contribution in [2.45, 2.75) is 12.8 Å². The molecule has 0 saturated carbocycles. The first-order valence-corrected chi connectivity index (χ1v) is 4.67. The minimum Gasteiger partial charge on any atom is -0.468 e. The van der Waals surface area contributed by atoms with Crippen LogP contribution in [0.25, 0.3) is 0 Å². The second-order valence-electron chi connectivity index (χ2n) is 2.92. The zero-order valence-electron chi connectivity index (χ0n) is 8.06. The topological polar surface area (TPSA) is 26.3 Å². The highest BCUT2D eigenvalue weighted by atomic mass is 16.5. The molecule has 1 aromatic carbocycles. The van der Waals surface area contributed by atoms with E-state index in [1.165, 1.54) is 5.56 Å². The third kappa shape index (κ3) is 4.45. The zero-order chi connectivity index (χ0) is 10.1. The quantitative estimate of drug-likeness (QED) is 0.391. The van der Waals surface area contributed by atoms with Gasteiger partial charge in [0.05, 0.1) is 6.61 Å². The van der Waals surface area contributed by atoms with Crippen LogP contribution in [0, 0.1) is 0 Å². The van der Waals surface area contributed by atoms with Gasteiger partial charge in [0.25, 0.3) is 6.47 Å². The molecule has 0 heterocycles. The van der Waals surface area contributed by atoms with Crippen molar-refractivity contribution in [2.24, 2.45) is 0 Å². The maximum atomic E-state index is 9.81. The van der Waals surface area contributed by atoms with Gasteiger partial charge in [-0.3, -0.25) is 4.79 Å². The standard InChI is InChI=1S/C12H14O2/c13-11-14-10-6-2-5-9-12-7-3-1-4-8-12/h1-5,7-8,11H,6,9-10H2/b5-2+. The Morgan fingerprint density at radius 3 is 2.64 bits per heavy atom. The number of carbonyl (C=O) groups excluding carboxylic acids is 1. The van der Waals surface area contributed by atoms with Gasteiger partial charge in [-0.25, -0.2) is 0 Å². The molecule has 0 spiro atoms. The lowest BCUT2D eigenvalue weighted by molar-refractivity contribution is -0.128. The van der Waals surface area contributed by atoms with Crippen molar-refractivity contribution in [1.29, 1.82) is 0 Å². The van der Waals surface area contributed by atoms with Gasteiger partial charge in [0, 0.05) is 0 Å². The van der Waals surface area contributed by atoms with Gasteiger partial charge >= 0.3 is 0 Å². The van der Waals surface area contributed by atoms with Crippen LogP contribution in [-0.2, 0) is 16.0 Å². The molecule has 0 radical (unpaired) electrons. The summed E-state index contributed by atoms with van der Waals surface area (Å²) in [5.41, 5.74) is 1.29. The first kappa shape index (κ1) is 10.5. The van der Waals surface area contributed by atoms with Gasteiger partial charge in [0.15, 0.2) is 0 Å². The molecule has 0 N–H and O–H groups in total. The zero-order valence-corrected chi connectivity index (χ0v) is 8.06. The third-order valence-electron chi connectivity index (χ3n) is 1.83. The van der Waals surface area contributed by atoms with E-state index in [1.807, 2.05) is 24.3 Å². The van der Waals surface area contributed by atoms with Gasteiger partial charge in [0.2, 0.25) is 0 Å². The molecular weight excluding hydrogens is 176 g/mol. The fourth-order valence-corrected chi connectivity index (χ4v) is 1.14. The number of allylic oxidation sites excluding steroid dienone is 1. The van der Waals surface area contributed by atoms with Gasteiger partial charge in [-0.1, -0.05) is 42.5 Å². The molecule has 0 aliphatic carbocycles. The predicted molar refractivity (Wildman–Crippen MR) is 55.9 cm³/mol. The molecule has 0 bridgehead atoms. The maximum Gasteiger partial charge on any atom is 0.293 e. The second-order valence-corrected chi connectivity index (χ2v) is 2.92. The van der Waals surface area contributed by atoms with Gasteiger partial charge in [0.1, 0.15) is 0 Å². The minimum atomic E-state index is 0.467. The van der Waals surface area contributed by atoms with Crippen molar-refractivity contribution >= 4 is 6.47 Å². The van der Waals surface area contributed by atoms with Crippen molar-refractivity contribution < 1.29 is 9.53 Å². The number of hydrogen-bond donors (Lipinski definition) is 0. The Morgan fingerprint density at radius 2 is 1.93 bits per heavy atom. The van der Waals surface area contributed by atoms with Crippen molar-refractivity contribution in [3.63, 3.8) is 0 Å². The lowest BCUT2D eigenvalue weighted by Gasteiger charge is -1.94. The highest BCUT2D eigenvalue weighted by Gasteiger charge is 1.85. The van der Waals surface area contributed by atoms with Crippen LogP contribution in [-0.4, -0.2) is 13.1 Å². The lowest BCUT2D eigenvalue weighted by atomic mass is 10.1. The first-order chi connectivity index (χ1) is 6.93. The Labute approximate surface area is 84.2 Å². The van der Waals surface area contributed by atoms with Crippen molar-refractivity contribution in [3.8, 4) is 0 Å². The maximum absolute atomic E-state index is 9.81. The van der Waals surface area contributed by atoms with Crippen LogP contribution in [0.1, 0.15) is 12.0 Å².